The summed E-state index contributed by atoms with van der Waals surface area (Å²) in [5, 5.41) is 9.48. The molecule has 228 valence electrons. The van der Waals surface area contributed by atoms with Crippen molar-refractivity contribution >= 4 is 39.2 Å². The zero-order valence-electron chi connectivity index (χ0n) is 24.5. The van der Waals surface area contributed by atoms with Gasteiger partial charge in [-0.05, 0) is 37.0 Å². The van der Waals surface area contributed by atoms with Crippen LogP contribution in [0.15, 0.2) is 64.9 Å². The number of hydrogen-bond acceptors (Lipinski definition) is 11. The van der Waals surface area contributed by atoms with Crippen molar-refractivity contribution in [3.8, 4) is 10.6 Å². The molecule has 0 aliphatic carbocycles. The molecule has 3 heterocycles. The molecule has 0 radical (unpaired) electrons. The van der Waals surface area contributed by atoms with Crippen molar-refractivity contribution in [1.29, 1.82) is 0 Å². The van der Waals surface area contributed by atoms with Gasteiger partial charge in [0.15, 0.2) is 0 Å². The lowest BCUT2D eigenvalue weighted by molar-refractivity contribution is 0.210. The van der Waals surface area contributed by atoms with Gasteiger partial charge >= 0.3 is 0 Å². The van der Waals surface area contributed by atoms with E-state index >= 15 is 0 Å². The lowest BCUT2D eigenvalue weighted by atomic mass is 10.1. The predicted molar refractivity (Wildman–Crippen MR) is 171 cm³/mol. The van der Waals surface area contributed by atoms with Gasteiger partial charge in [0.05, 0.1) is 23.7 Å². The number of aryl methyl sites for hydroxylation is 1. The Hall–Kier alpha value is -3.65. The molecular formula is C30H38N8O3S2. The molecule has 2 aromatic heterocycles. The van der Waals surface area contributed by atoms with Crippen LogP contribution in [0.3, 0.4) is 0 Å². The number of sulfonamides is 1. The molecule has 0 spiro atoms. The smallest absolute Gasteiger partial charge is 0.240 e. The highest BCUT2D eigenvalue weighted by atomic mass is 32.2. The summed E-state index contributed by atoms with van der Waals surface area (Å²) in [5.74, 6) is 1.33. The van der Waals surface area contributed by atoms with Crippen molar-refractivity contribution in [2.24, 2.45) is 0 Å². The molecule has 5 rings (SSSR count). The predicted octanol–water partition coefficient (Wildman–Crippen LogP) is 4.57. The molecule has 1 fully saturated rings. The summed E-state index contributed by atoms with van der Waals surface area (Å²) in [4.78, 5) is 21.0. The SMILES string of the molecule is CCCc1ccc(S(=O)(=O)NC[C@H]2CCCN2c2nc(NCCOC)nc(NCc3csc(-c4ccccc4)n3)n2)cc1. The number of rotatable bonds is 15. The first kappa shape index (κ1) is 30.8. The third-order valence-electron chi connectivity index (χ3n) is 7.13. The Bertz CT molecular complexity index is 1570. The van der Waals surface area contributed by atoms with Crippen molar-refractivity contribution in [3.63, 3.8) is 0 Å². The van der Waals surface area contributed by atoms with Crippen LogP contribution in [0.25, 0.3) is 10.6 Å². The van der Waals surface area contributed by atoms with Crippen molar-refractivity contribution in [2.75, 3.05) is 48.9 Å². The van der Waals surface area contributed by atoms with Crippen LogP contribution < -0.4 is 20.3 Å². The van der Waals surface area contributed by atoms with Gasteiger partial charge in [-0.2, -0.15) is 15.0 Å². The van der Waals surface area contributed by atoms with E-state index in [4.69, 9.17) is 14.7 Å². The number of anilines is 3. The van der Waals surface area contributed by atoms with E-state index in [2.05, 4.69) is 37.1 Å². The average molecular weight is 623 g/mol. The van der Waals surface area contributed by atoms with Crippen molar-refractivity contribution in [2.45, 2.75) is 50.1 Å². The van der Waals surface area contributed by atoms with Crippen LogP contribution in [0.2, 0.25) is 0 Å². The van der Waals surface area contributed by atoms with Crippen LogP contribution in [0.1, 0.15) is 37.4 Å². The van der Waals surface area contributed by atoms with E-state index in [1.165, 1.54) is 0 Å². The first-order valence-electron chi connectivity index (χ1n) is 14.5. The van der Waals surface area contributed by atoms with E-state index in [0.29, 0.717) is 44.1 Å². The minimum Gasteiger partial charge on any atom is -0.383 e. The average Bonchev–Trinajstić information content (AvgIpc) is 3.70. The highest BCUT2D eigenvalue weighted by Crippen LogP contribution is 2.26. The normalized spacial score (nSPS) is 15.1. The lowest BCUT2D eigenvalue weighted by Gasteiger charge is -2.25. The number of aromatic nitrogens is 4. The van der Waals surface area contributed by atoms with Crippen LogP contribution in [-0.2, 0) is 27.7 Å². The van der Waals surface area contributed by atoms with E-state index in [1.807, 2.05) is 47.8 Å². The maximum Gasteiger partial charge on any atom is 0.240 e. The molecule has 3 N–H and O–H groups in total. The van der Waals surface area contributed by atoms with Crippen molar-refractivity contribution in [1.82, 2.24) is 24.7 Å². The molecule has 0 amide bonds. The minimum absolute atomic E-state index is 0.0943. The molecule has 2 aromatic carbocycles. The van der Waals surface area contributed by atoms with Crippen LogP contribution >= 0.6 is 11.3 Å². The molecule has 11 nitrogen and oxygen atoms in total. The molecule has 1 saturated heterocycles. The molecule has 1 aliphatic heterocycles. The highest BCUT2D eigenvalue weighted by Gasteiger charge is 2.29. The highest BCUT2D eigenvalue weighted by molar-refractivity contribution is 7.89. The summed E-state index contributed by atoms with van der Waals surface area (Å²) >= 11 is 1.59. The van der Waals surface area contributed by atoms with E-state index in [-0.39, 0.29) is 17.5 Å². The van der Waals surface area contributed by atoms with Gasteiger partial charge < -0.3 is 20.3 Å². The molecule has 0 saturated carbocycles. The molecule has 1 aliphatic rings. The molecule has 0 unspecified atom stereocenters. The molecular weight excluding hydrogens is 585 g/mol. The molecule has 4 aromatic rings. The van der Waals surface area contributed by atoms with E-state index in [1.54, 1.807) is 30.6 Å². The second-order valence-electron chi connectivity index (χ2n) is 10.3. The fourth-order valence-electron chi connectivity index (χ4n) is 4.91. The number of nitrogens with one attached hydrogen (secondary N) is 3. The monoisotopic (exact) mass is 622 g/mol. The van der Waals surface area contributed by atoms with E-state index in [9.17, 15) is 8.42 Å². The topological polar surface area (TPSA) is 134 Å². The van der Waals surface area contributed by atoms with Gasteiger partial charge in [-0.15, -0.1) is 11.3 Å². The molecule has 13 heteroatoms. The quantitative estimate of drug-likeness (QED) is 0.162. The van der Waals surface area contributed by atoms with E-state index < -0.39 is 10.0 Å². The Labute approximate surface area is 257 Å². The van der Waals surface area contributed by atoms with Crippen LogP contribution in [0.5, 0.6) is 0 Å². The zero-order chi connectivity index (χ0) is 30.1. The first-order valence-corrected chi connectivity index (χ1v) is 16.9. The van der Waals surface area contributed by atoms with Crippen LogP contribution in [0, 0.1) is 0 Å². The van der Waals surface area contributed by atoms with Crippen molar-refractivity contribution < 1.29 is 13.2 Å². The number of methoxy groups -OCH3 is 1. The summed E-state index contributed by atoms with van der Waals surface area (Å²) in [6.45, 7) is 4.55. The summed E-state index contributed by atoms with van der Waals surface area (Å²) < 4.78 is 34.1. The third-order valence-corrected chi connectivity index (χ3v) is 9.51. The second kappa shape index (κ2) is 14.7. The number of thiazole rings is 1. The Kier molecular flexibility index (Phi) is 10.5. The summed E-state index contributed by atoms with van der Waals surface area (Å²) in [5.41, 5.74) is 3.09. The Balaban J connectivity index is 1.28. The lowest BCUT2D eigenvalue weighted by Crippen LogP contribution is -2.41. The van der Waals surface area contributed by atoms with Crippen LogP contribution in [0.4, 0.5) is 17.8 Å². The Morgan fingerprint density at radius 2 is 1.77 bits per heavy atom. The maximum atomic E-state index is 13.1. The summed E-state index contributed by atoms with van der Waals surface area (Å²) in [6, 6.07) is 17.1. The number of benzene rings is 2. The fraction of sp³-hybridized carbons (Fsp3) is 0.400. The summed E-state index contributed by atoms with van der Waals surface area (Å²) in [6.07, 6.45) is 3.66. The molecule has 1 atom stereocenters. The second-order valence-corrected chi connectivity index (χ2v) is 12.9. The van der Waals surface area contributed by atoms with Crippen molar-refractivity contribution in [3.05, 3.63) is 71.2 Å². The summed E-state index contributed by atoms with van der Waals surface area (Å²) in [7, 11) is -2.01. The number of hydrogen-bond donors (Lipinski definition) is 3. The van der Waals surface area contributed by atoms with Gasteiger partial charge in [0.25, 0.3) is 0 Å². The first-order chi connectivity index (χ1) is 20.9. The Morgan fingerprint density at radius 1 is 1.00 bits per heavy atom. The van der Waals surface area contributed by atoms with Gasteiger partial charge in [0.1, 0.15) is 5.01 Å². The zero-order valence-corrected chi connectivity index (χ0v) is 26.1. The minimum atomic E-state index is -3.65. The largest absolute Gasteiger partial charge is 0.383 e. The van der Waals surface area contributed by atoms with Gasteiger partial charge in [0.2, 0.25) is 27.9 Å². The number of ether oxygens (including phenoxy) is 1. The Morgan fingerprint density at radius 3 is 2.51 bits per heavy atom. The maximum absolute atomic E-state index is 13.1. The third kappa shape index (κ3) is 8.25. The standard InChI is InChI=1S/C30H38N8O3S2/c1-3-8-22-12-14-26(15-13-22)43(39,40)33-20-25-11-7-17-38(25)30-36-28(31-16-18-41-2)35-29(37-30)32-19-24-21-42-27(34-24)23-9-5-4-6-10-23/h4-6,9-10,12-15,21,25,33H,3,7-8,11,16-20H2,1-2H3,(H2,31,32,35,36,37)/t25-/m1/s1. The fourth-order valence-corrected chi connectivity index (χ4v) is 6.81. The van der Waals surface area contributed by atoms with Gasteiger partial charge in [-0.1, -0.05) is 55.8 Å². The molecule has 0 bridgehead atoms. The number of nitrogens with zero attached hydrogens (tertiary/aromatic N) is 5. The van der Waals surface area contributed by atoms with E-state index in [0.717, 1.165) is 47.5 Å². The van der Waals surface area contributed by atoms with Crippen LogP contribution in [-0.4, -0.2) is 67.7 Å². The van der Waals surface area contributed by atoms with Gasteiger partial charge in [-0.25, -0.2) is 18.1 Å². The van der Waals surface area contributed by atoms with Gasteiger partial charge in [-0.3, -0.25) is 0 Å². The molecule has 43 heavy (non-hydrogen) atoms. The van der Waals surface area contributed by atoms with Gasteiger partial charge in [0, 0.05) is 43.7 Å².